The third kappa shape index (κ3) is 3.51. The molecule has 0 radical (unpaired) electrons. The van der Waals surface area contributed by atoms with Gasteiger partial charge in [-0.25, -0.2) is 12.7 Å². The Kier molecular flexibility index (Phi) is 4.32. The molecule has 7 heteroatoms. The third-order valence-electron chi connectivity index (χ3n) is 4.18. The first kappa shape index (κ1) is 15.9. The Balaban J connectivity index is 1.70. The lowest BCUT2D eigenvalue weighted by atomic mass is 9.97. The van der Waals surface area contributed by atoms with Crippen LogP contribution in [-0.4, -0.2) is 43.0 Å². The van der Waals surface area contributed by atoms with E-state index in [-0.39, 0.29) is 11.8 Å². The SMILES string of the molecule is CS(=O)(=O)N1CCC(C(=O)Nc2cccc3cccnc23)CC1. The monoisotopic (exact) mass is 333 g/mol. The second-order valence-electron chi connectivity index (χ2n) is 5.81. The largest absolute Gasteiger partial charge is 0.324 e. The van der Waals surface area contributed by atoms with E-state index in [1.54, 1.807) is 6.20 Å². The summed E-state index contributed by atoms with van der Waals surface area (Å²) in [6.45, 7) is 0.787. The highest BCUT2D eigenvalue weighted by atomic mass is 32.2. The van der Waals surface area contributed by atoms with Crippen molar-refractivity contribution in [1.82, 2.24) is 9.29 Å². The molecule has 2 aromatic rings. The number of para-hydroxylation sites is 1. The highest BCUT2D eigenvalue weighted by molar-refractivity contribution is 7.88. The number of hydrogen-bond acceptors (Lipinski definition) is 4. The maximum Gasteiger partial charge on any atom is 0.227 e. The van der Waals surface area contributed by atoms with Gasteiger partial charge < -0.3 is 5.32 Å². The molecule has 0 bridgehead atoms. The van der Waals surface area contributed by atoms with Crippen molar-refractivity contribution in [2.45, 2.75) is 12.8 Å². The van der Waals surface area contributed by atoms with Crippen molar-refractivity contribution < 1.29 is 13.2 Å². The topological polar surface area (TPSA) is 79.4 Å². The number of benzene rings is 1. The van der Waals surface area contributed by atoms with E-state index in [0.717, 1.165) is 10.9 Å². The van der Waals surface area contributed by atoms with Gasteiger partial charge in [0.2, 0.25) is 15.9 Å². The Hall–Kier alpha value is -1.99. The second-order valence-corrected chi connectivity index (χ2v) is 7.79. The Morgan fingerprint density at radius 2 is 1.91 bits per heavy atom. The number of pyridine rings is 1. The Bertz CT molecular complexity index is 822. The van der Waals surface area contributed by atoms with Crippen molar-refractivity contribution in [1.29, 1.82) is 0 Å². The molecular formula is C16H19N3O3S. The van der Waals surface area contributed by atoms with Crippen molar-refractivity contribution in [3.05, 3.63) is 36.5 Å². The van der Waals surface area contributed by atoms with Crippen LogP contribution in [-0.2, 0) is 14.8 Å². The molecule has 0 atom stereocenters. The van der Waals surface area contributed by atoms with Gasteiger partial charge in [-0.2, -0.15) is 0 Å². The van der Waals surface area contributed by atoms with Gasteiger partial charge in [-0.05, 0) is 25.0 Å². The molecule has 122 valence electrons. The van der Waals surface area contributed by atoms with E-state index >= 15 is 0 Å². The number of carbonyl (C=O) groups excluding carboxylic acids is 1. The first-order chi connectivity index (χ1) is 10.9. The standard InChI is InChI=1S/C16H19N3O3S/c1-23(21,22)19-10-7-13(8-11-19)16(20)18-14-6-2-4-12-5-3-9-17-15(12)14/h2-6,9,13H,7-8,10-11H2,1H3,(H,18,20). The van der Waals surface area contributed by atoms with Gasteiger partial charge in [0.1, 0.15) is 0 Å². The van der Waals surface area contributed by atoms with Crippen LogP contribution in [0.5, 0.6) is 0 Å². The van der Waals surface area contributed by atoms with Gasteiger partial charge in [0, 0.05) is 30.6 Å². The van der Waals surface area contributed by atoms with Crippen molar-refractivity contribution in [3.8, 4) is 0 Å². The van der Waals surface area contributed by atoms with Gasteiger partial charge in [0.25, 0.3) is 0 Å². The van der Waals surface area contributed by atoms with E-state index in [1.165, 1.54) is 10.6 Å². The summed E-state index contributed by atoms with van der Waals surface area (Å²) in [5, 5.41) is 3.91. The fourth-order valence-electron chi connectivity index (χ4n) is 2.89. The average molecular weight is 333 g/mol. The quantitative estimate of drug-likeness (QED) is 0.929. The fourth-order valence-corrected chi connectivity index (χ4v) is 3.76. The van der Waals surface area contributed by atoms with Crippen LogP contribution in [0, 0.1) is 5.92 Å². The first-order valence-corrected chi connectivity index (χ1v) is 9.40. The number of nitrogens with one attached hydrogen (secondary N) is 1. The predicted molar refractivity (Wildman–Crippen MR) is 89.5 cm³/mol. The average Bonchev–Trinajstić information content (AvgIpc) is 2.54. The number of sulfonamides is 1. The van der Waals surface area contributed by atoms with Crippen LogP contribution in [0.2, 0.25) is 0 Å². The highest BCUT2D eigenvalue weighted by Gasteiger charge is 2.29. The summed E-state index contributed by atoms with van der Waals surface area (Å²) in [5.74, 6) is -0.247. The highest BCUT2D eigenvalue weighted by Crippen LogP contribution is 2.24. The molecule has 0 saturated carbocycles. The minimum atomic E-state index is -3.17. The van der Waals surface area contributed by atoms with Crippen LogP contribution in [0.4, 0.5) is 5.69 Å². The summed E-state index contributed by atoms with van der Waals surface area (Å²) in [5.41, 5.74) is 1.45. The van der Waals surface area contributed by atoms with Crippen molar-refractivity contribution in [2.24, 2.45) is 5.92 Å². The van der Waals surface area contributed by atoms with Crippen LogP contribution in [0.25, 0.3) is 10.9 Å². The van der Waals surface area contributed by atoms with Crippen molar-refractivity contribution in [2.75, 3.05) is 24.7 Å². The zero-order chi connectivity index (χ0) is 16.4. The summed E-state index contributed by atoms with van der Waals surface area (Å²) in [6, 6.07) is 9.46. The lowest BCUT2D eigenvalue weighted by molar-refractivity contribution is -0.120. The van der Waals surface area contributed by atoms with Crippen LogP contribution in [0.15, 0.2) is 36.5 Å². The summed E-state index contributed by atoms with van der Waals surface area (Å²) in [4.78, 5) is 16.8. The number of rotatable bonds is 3. The molecule has 0 spiro atoms. The number of anilines is 1. The first-order valence-electron chi connectivity index (χ1n) is 7.55. The fraction of sp³-hybridized carbons (Fsp3) is 0.375. The molecule has 1 aliphatic rings. The molecule has 2 heterocycles. The number of fused-ring (bicyclic) bond motifs is 1. The minimum Gasteiger partial charge on any atom is -0.324 e. The van der Waals surface area contributed by atoms with Gasteiger partial charge in [0.15, 0.2) is 0 Å². The summed E-state index contributed by atoms with van der Waals surface area (Å²) >= 11 is 0. The maximum atomic E-state index is 12.5. The molecule has 0 unspecified atom stereocenters. The van der Waals surface area contributed by atoms with E-state index < -0.39 is 10.0 Å². The van der Waals surface area contributed by atoms with Crippen LogP contribution in [0.1, 0.15) is 12.8 Å². The molecule has 1 aliphatic heterocycles. The Morgan fingerprint density at radius 1 is 1.22 bits per heavy atom. The van der Waals surface area contributed by atoms with Crippen LogP contribution < -0.4 is 5.32 Å². The molecule has 3 rings (SSSR count). The van der Waals surface area contributed by atoms with Gasteiger partial charge in [-0.1, -0.05) is 18.2 Å². The molecule has 1 amide bonds. The van der Waals surface area contributed by atoms with Gasteiger partial charge in [-0.3, -0.25) is 9.78 Å². The summed E-state index contributed by atoms with van der Waals surface area (Å²) < 4.78 is 24.5. The molecule has 6 nitrogen and oxygen atoms in total. The van der Waals surface area contributed by atoms with Crippen LogP contribution >= 0.6 is 0 Å². The number of hydrogen-bond donors (Lipinski definition) is 1. The predicted octanol–water partition coefficient (Wildman–Crippen LogP) is 1.84. The Morgan fingerprint density at radius 3 is 2.61 bits per heavy atom. The van der Waals surface area contributed by atoms with E-state index in [4.69, 9.17) is 0 Å². The maximum absolute atomic E-state index is 12.5. The summed E-state index contributed by atoms with van der Waals surface area (Å²) in [7, 11) is -3.17. The molecule has 1 fully saturated rings. The van der Waals surface area contributed by atoms with Gasteiger partial charge >= 0.3 is 0 Å². The molecule has 1 saturated heterocycles. The number of amides is 1. The zero-order valence-electron chi connectivity index (χ0n) is 12.9. The van der Waals surface area contributed by atoms with E-state index in [9.17, 15) is 13.2 Å². The molecule has 1 N–H and O–H groups in total. The second kappa shape index (κ2) is 6.25. The normalized spacial score (nSPS) is 17.3. The number of piperidine rings is 1. The van der Waals surface area contributed by atoms with E-state index in [0.29, 0.717) is 31.6 Å². The smallest absolute Gasteiger partial charge is 0.227 e. The van der Waals surface area contributed by atoms with Gasteiger partial charge in [0.05, 0.1) is 17.5 Å². The molecule has 1 aromatic carbocycles. The van der Waals surface area contributed by atoms with Crippen molar-refractivity contribution >= 4 is 32.5 Å². The van der Waals surface area contributed by atoms with E-state index in [1.807, 2.05) is 30.3 Å². The molecular weight excluding hydrogens is 314 g/mol. The summed E-state index contributed by atoms with van der Waals surface area (Å²) in [6.07, 6.45) is 3.98. The molecule has 0 aliphatic carbocycles. The third-order valence-corrected chi connectivity index (χ3v) is 5.49. The van der Waals surface area contributed by atoms with Crippen molar-refractivity contribution in [3.63, 3.8) is 0 Å². The van der Waals surface area contributed by atoms with Crippen LogP contribution in [0.3, 0.4) is 0 Å². The van der Waals surface area contributed by atoms with E-state index in [2.05, 4.69) is 10.3 Å². The lowest BCUT2D eigenvalue weighted by Gasteiger charge is -2.29. The number of carbonyl (C=O) groups is 1. The number of nitrogens with zero attached hydrogens (tertiary/aromatic N) is 2. The minimum absolute atomic E-state index is 0.0729. The number of aromatic nitrogens is 1. The molecule has 23 heavy (non-hydrogen) atoms. The Labute approximate surface area is 135 Å². The molecule has 1 aromatic heterocycles. The lowest BCUT2D eigenvalue weighted by Crippen LogP contribution is -2.40. The zero-order valence-corrected chi connectivity index (χ0v) is 13.7. The van der Waals surface area contributed by atoms with Gasteiger partial charge in [-0.15, -0.1) is 0 Å².